The average Bonchev–Trinajstić information content (AvgIpc) is 2.08. The maximum Gasteiger partial charge on any atom is 0.225 e. The Bertz CT molecular complexity index is 232. The smallest absolute Gasteiger partial charge is 0.225 e. The number of carbonyl (C=O) groups is 2. The van der Waals surface area contributed by atoms with E-state index in [-0.39, 0.29) is 23.8 Å². The summed E-state index contributed by atoms with van der Waals surface area (Å²) in [6.07, 6.45) is 0.509. The van der Waals surface area contributed by atoms with Crippen molar-refractivity contribution in [2.45, 2.75) is 33.2 Å². The van der Waals surface area contributed by atoms with Gasteiger partial charge in [0.1, 0.15) is 0 Å². The van der Waals surface area contributed by atoms with Crippen molar-refractivity contribution < 1.29 is 9.59 Å². The lowest BCUT2D eigenvalue weighted by Crippen LogP contribution is -2.61. The van der Waals surface area contributed by atoms with Crippen molar-refractivity contribution in [2.24, 2.45) is 5.92 Å². The summed E-state index contributed by atoms with van der Waals surface area (Å²) in [4.78, 5) is 24.2. The van der Waals surface area contributed by atoms with E-state index in [2.05, 4.69) is 5.32 Å². The average molecular weight is 198 g/mol. The molecule has 1 aliphatic heterocycles. The fourth-order valence-electron chi connectivity index (χ4n) is 1.44. The molecule has 14 heavy (non-hydrogen) atoms. The molecule has 0 unspecified atom stereocenters. The predicted molar refractivity (Wildman–Crippen MR) is 53.6 cm³/mol. The first-order valence-corrected chi connectivity index (χ1v) is 5.12. The lowest BCUT2D eigenvalue weighted by Gasteiger charge is -2.40. The summed E-state index contributed by atoms with van der Waals surface area (Å²) in [6.45, 7) is 6.94. The van der Waals surface area contributed by atoms with Crippen LogP contribution in [0.5, 0.6) is 0 Å². The standard InChI is InChI=1S/C10H18N2O2/c1-4-9(13)11-8-5-12(6-8)10(14)7(2)3/h7-8H,4-6H2,1-3H3,(H,11,13). The largest absolute Gasteiger partial charge is 0.350 e. The fourth-order valence-corrected chi connectivity index (χ4v) is 1.44. The van der Waals surface area contributed by atoms with Gasteiger partial charge >= 0.3 is 0 Å². The molecular formula is C10H18N2O2. The summed E-state index contributed by atoms with van der Waals surface area (Å²) in [5.74, 6) is 0.288. The van der Waals surface area contributed by atoms with Crippen molar-refractivity contribution in [2.75, 3.05) is 13.1 Å². The minimum absolute atomic E-state index is 0.0535. The Morgan fingerprint density at radius 2 is 2.00 bits per heavy atom. The van der Waals surface area contributed by atoms with E-state index in [1.54, 1.807) is 4.90 Å². The van der Waals surface area contributed by atoms with E-state index in [9.17, 15) is 9.59 Å². The van der Waals surface area contributed by atoms with Crippen LogP contribution in [0.4, 0.5) is 0 Å². The summed E-state index contributed by atoms with van der Waals surface area (Å²) in [7, 11) is 0. The third kappa shape index (κ3) is 2.47. The van der Waals surface area contributed by atoms with Gasteiger partial charge in [0.15, 0.2) is 0 Å². The van der Waals surface area contributed by atoms with Crippen LogP contribution < -0.4 is 5.32 Å². The number of likely N-dealkylation sites (tertiary alicyclic amines) is 1. The Hall–Kier alpha value is -1.06. The van der Waals surface area contributed by atoms with E-state index in [0.717, 1.165) is 0 Å². The first kappa shape index (κ1) is 11.0. The van der Waals surface area contributed by atoms with Crippen LogP contribution in [0.2, 0.25) is 0 Å². The van der Waals surface area contributed by atoms with Crippen LogP contribution in [0.15, 0.2) is 0 Å². The number of rotatable bonds is 3. The highest BCUT2D eigenvalue weighted by molar-refractivity contribution is 5.80. The Balaban J connectivity index is 2.23. The fraction of sp³-hybridized carbons (Fsp3) is 0.800. The first-order chi connectivity index (χ1) is 6.54. The third-order valence-electron chi connectivity index (χ3n) is 2.37. The molecule has 1 saturated heterocycles. The molecule has 0 aliphatic carbocycles. The van der Waals surface area contributed by atoms with E-state index >= 15 is 0 Å². The predicted octanol–water partition coefficient (Wildman–Crippen LogP) is 0.379. The first-order valence-electron chi connectivity index (χ1n) is 5.12. The van der Waals surface area contributed by atoms with Crippen molar-refractivity contribution >= 4 is 11.8 Å². The van der Waals surface area contributed by atoms with Gasteiger partial charge in [0.2, 0.25) is 11.8 Å². The molecule has 0 atom stereocenters. The van der Waals surface area contributed by atoms with Gasteiger partial charge in [-0.1, -0.05) is 20.8 Å². The van der Waals surface area contributed by atoms with E-state index in [0.29, 0.717) is 19.5 Å². The molecule has 0 radical (unpaired) electrons. The van der Waals surface area contributed by atoms with Gasteiger partial charge in [0.25, 0.3) is 0 Å². The van der Waals surface area contributed by atoms with Gasteiger partial charge in [-0.05, 0) is 0 Å². The van der Waals surface area contributed by atoms with Crippen LogP contribution in [0.25, 0.3) is 0 Å². The molecule has 0 saturated carbocycles. The van der Waals surface area contributed by atoms with Gasteiger partial charge in [-0.3, -0.25) is 9.59 Å². The zero-order valence-corrected chi connectivity index (χ0v) is 9.04. The summed E-state index contributed by atoms with van der Waals surface area (Å²) in [5, 5.41) is 2.86. The molecule has 0 aromatic heterocycles. The highest BCUT2D eigenvalue weighted by Gasteiger charge is 2.32. The number of nitrogens with zero attached hydrogens (tertiary/aromatic N) is 1. The Labute approximate surface area is 84.7 Å². The summed E-state index contributed by atoms with van der Waals surface area (Å²) >= 11 is 0. The quantitative estimate of drug-likeness (QED) is 0.712. The molecule has 2 amide bonds. The molecular weight excluding hydrogens is 180 g/mol. The molecule has 0 aromatic rings. The van der Waals surface area contributed by atoms with Crippen molar-refractivity contribution in [1.82, 2.24) is 10.2 Å². The molecule has 0 bridgehead atoms. The molecule has 1 aliphatic rings. The normalized spacial score (nSPS) is 16.7. The van der Waals surface area contributed by atoms with Gasteiger partial charge in [-0.2, -0.15) is 0 Å². The third-order valence-corrected chi connectivity index (χ3v) is 2.37. The second-order valence-corrected chi connectivity index (χ2v) is 4.02. The van der Waals surface area contributed by atoms with Gasteiger partial charge in [-0.15, -0.1) is 0 Å². The minimum Gasteiger partial charge on any atom is -0.350 e. The molecule has 1 fully saturated rings. The van der Waals surface area contributed by atoms with Crippen LogP contribution in [0, 0.1) is 5.92 Å². The summed E-state index contributed by atoms with van der Waals surface area (Å²) in [6, 6.07) is 0.171. The van der Waals surface area contributed by atoms with Gasteiger partial charge < -0.3 is 10.2 Å². The van der Waals surface area contributed by atoms with Gasteiger partial charge in [0.05, 0.1) is 6.04 Å². The molecule has 1 heterocycles. The van der Waals surface area contributed by atoms with Crippen molar-refractivity contribution in [3.63, 3.8) is 0 Å². The minimum atomic E-state index is 0.0535. The molecule has 4 nitrogen and oxygen atoms in total. The van der Waals surface area contributed by atoms with Crippen molar-refractivity contribution in [3.05, 3.63) is 0 Å². The monoisotopic (exact) mass is 198 g/mol. The zero-order valence-electron chi connectivity index (χ0n) is 9.04. The number of nitrogens with one attached hydrogen (secondary N) is 1. The number of hydrogen-bond donors (Lipinski definition) is 1. The van der Waals surface area contributed by atoms with Crippen molar-refractivity contribution in [3.8, 4) is 0 Å². The second kappa shape index (κ2) is 4.44. The topological polar surface area (TPSA) is 49.4 Å². The zero-order chi connectivity index (χ0) is 10.7. The van der Waals surface area contributed by atoms with E-state index in [4.69, 9.17) is 0 Å². The van der Waals surface area contributed by atoms with Crippen LogP contribution in [-0.4, -0.2) is 35.8 Å². The summed E-state index contributed by atoms with van der Waals surface area (Å²) < 4.78 is 0. The van der Waals surface area contributed by atoms with Crippen molar-refractivity contribution in [1.29, 1.82) is 0 Å². The molecule has 0 aromatic carbocycles. The van der Waals surface area contributed by atoms with Crippen LogP contribution in [-0.2, 0) is 9.59 Å². The highest BCUT2D eigenvalue weighted by Crippen LogP contribution is 2.12. The highest BCUT2D eigenvalue weighted by atomic mass is 16.2. The molecule has 1 rings (SSSR count). The Morgan fingerprint density at radius 1 is 1.43 bits per heavy atom. The van der Waals surface area contributed by atoms with Crippen LogP contribution >= 0.6 is 0 Å². The van der Waals surface area contributed by atoms with Crippen LogP contribution in [0.1, 0.15) is 27.2 Å². The number of amides is 2. The maximum absolute atomic E-state index is 11.4. The lowest BCUT2D eigenvalue weighted by molar-refractivity contribution is -0.140. The molecule has 1 N–H and O–H groups in total. The summed E-state index contributed by atoms with van der Waals surface area (Å²) in [5.41, 5.74) is 0. The van der Waals surface area contributed by atoms with E-state index in [1.165, 1.54) is 0 Å². The van der Waals surface area contributed by atoms with Crippen LogP contribution in [0.3, 0.4) is 0 Å². The number of carbonyl (C=O) groups excluding carboxylic acids is 2. The van der Waals surface area contributed by atoms with Gasteiger partial charge in [0, 0.05) is 25.4 Å². The molecule has 80 valence electrons. The van der Waals surface area contributed by atoms with Gasteiger partial charge in [-0.25, -0.2) is 0 Å². The van der Waals surface area contributed by atoms with E-state index in [1.807, 2.05) is 20.8 Å². The lowest BCUT2D eigenvalue weighted by atomic mass is 10.1. The second-order valence-electron chi connectivity index (χ2n) is 4.02. The Morgan fingerprint density at radius 3 is 2.43 bits per heavy atom. The Kier molecular flexibility index (Phi) is 3.49. The molecule has 4 heteroatoms. The SMILES string of the molecule is CCC(=O)NC1CN(C(=O)C(C)C)C1. The van der Waals surface area contributed by atoms with E-state index < -0.39 is 0 Å². The maximum atomic E-state index is 11.4. The molecule has 0 spiro atoms. The number of hydrogen-bond acceptors (Lipinski definition) is 2.